The molecular weight excluding hydrogens is 435 g/mol. The summed E-state index contributed by atoms with van der Waals surface area (Å²) in [5, 5.41) is 11.6. The van der Waals surface area contributed by atoms with Crippen LogP contribution in [0.3, 0.4) is 0 Å². The van der Waals surface area contributed by atoms with E-state index in [-0.39, 0.29) is 24.7 Å². The molecule has 0 spiro atoms. The molecule has 1 saturated carbocycles. The Bertz CT molecular complexity index is 1370. The van der Waals surface area contributed by atoms with Crippen LogP contribution in [0.2, 0.25) is 0 Å². The van der Waals surface area contributed by atoms with E-state index in [2.05, 4.69) is 36.4 Å². The van der Waals surface area contributed by atoms with Crippen LogP contribution in [-0.4, -0.2) is 74.4 Å². The van der Waals surface area contributed by atoms with Crippen molar-refractivity contribution < 1.29 is 9.18 Å². The minimum absolute atomic E-state index is 0.146. The van der Waals surface area contributed by atoms with Crippen molar-refractivity contribution in [3.05, 3.63) is 42.4 Å². The summed E-state index contributed by atoms with van der Waals surface area (Å²) in [4.78, 5) is 24.5. The van der Waals surface area contributed by atoms with E-state index in [4.69, 9.17) is 4.98 Å². The fraction of sp³-hybridized carbons (Fsp3) is 0.417. The van der Waals surface area contributed by atoms with Gasteiger partial charge in [-0.25, -0.2) is 14.4 Å². The SMILES string of the molecule is CNc1cc(-c2cn([C@@H]3CCN(CCF)C3)c3ncccc23)nc2c(C(=O)NC3CC3)cnn12. The topological polar surface area (TPSA) is 92.4 Å². The minimum Gasteiger partial charge on any atom is -0.373 e. The zero-order chi connectivity index (χ0) is 23.2. The van der Waals surface area contributed by atoms with Crippen molar-refractivity contribution in [2.24, 2.45) is 0 Å². The third kappa shape index (κ3) is 3.58. The number of nitrogens with zero attached hydrogens (tertiary/aromatic N) is 6. The second-order valence-electron chi connectivity index (χ2n) is 9.07. The van der Waals surface area contributed by atoms with Crippen LogP contribution in [-0.2, 0) is 0 Å². The molecule has 9 nitrogen and oxygen atoms in total. The molecule has 10 heteroatoms. The molecule has 1 aliphatic heterocycles. The molecule has 2 aliphatic rings. The molecule has 2 fully saturated rings. The Kier molecular flexibility index (Phi) is 5.17. The van der Waals surface area contributed by atoms with Crippen molar-refractivity contribution in [2.45, 2.75) is 31.3 Å². The number of hydrogen-bond donors (Lipinski definition) is 2. The maximum Gasteiger partial charge on any atom is 0.256 e. The van der Waals surface area contributed by atoms with Gasteiger partial charge in [-0.2, -0.15) is 9.61 Å². The van der Waals surface area contributed by atoms with Crippen LogP contribution in [0.1, 0.15) is 35.7 Å². The number of pyridine rings is 1. The molecule has 0 aromatic carbocycles. The van der Waals surface area contributed by atoms with Crippen molar-refractivity contribution >= 4 is 28.4 Å². The van der Waals surface area contributed by atoms with E-state index in [0.717, 1.165) is 60.5 Å². The Morgan fingerprint density at radius 3 is 2.94 bits per heavy atom. The van der Waals surface area contributed by atoms with Crippen molar-refractivity contribution in [1.82, 2.24) is 34.4 Å². The Balaban J connectivity index is 1.46. The molecule has 6 rings (SSSR count). The van der Waals surface area contributed by atoms with E-state index >= 15 is 0 Å². The summed E-state index contributed by atoms with van der Waals surface area (Å²) in [6, 6.07) is 6.38. The molecule has 1 aliphatic carbocycles. The Morgan fingerprint density at radius 1 is 1.26 bits per heavy atom. The zero-order valence-electron chi connectivity index (χ0n) is 19.0. The largest absolute Gasteiger partial charge is 0.373 e. The molecule has 1 atom stereocenters. The second-order valence-corrected chi connectivity index (χ2v) is 9.07. The molecule has 0 bridgehead atoms. The second kappa shape index (κ2) is 8.35. The Labute approximate surface area is 196 Å². The van der Waals surface area contributed by atoms with Crippen molar-refractivity contribution in [1.29, 1.82) is 0 Å². The molecule has 4 aromatic heterocycles. The number of hydrogen-bond acceptors (Lipinski definition) is 6. The number of carbonyl (C=O) groups is 1. The highest BCUT2D eigenvalue weighted by molar-refractivity contribution is 6.01. The number of alkyl halides is 1. The minimum atomic E-state index is -0.332. The summed E-state index contributed by atoms with van der Waals surface area (Å²) in [5.41, 5.74) is 3.55. The summed E-state index contributed by atoms with van der Waals surface area (Å²) >= 11 is 0. The predicted molar refractivity (Wildman–Crippen MR) is 128 cm³/mol. The van der Waals surface area contributed by atoms with Crippen molar-refractivity contribution in [2.75, 3.05) is 38.7 Å². The highest BCUT2D eigenvalue weighted by Gasteiger charge is 2.28. The van der Waals surface area contributed by atoms with Gasteiger partial charge in [0.25, 0.3) is 5.91 Å². The molecule has 176 valence electrons. The lowest BCUT2D eigenvalue weighted by molar-refractivity contribution is 0.0952. The summed E-state index contributed by atoms with van der Waals surface area (Å²) in [5.74, 6) is 0.595. The van der Waals surface area contributed by atoms with Crippen LogP contribution in [0.25, 0.3) is 27.9 Å². The van der Waals surface area contributed by atoms with Gasteiger partial charge in [0.2, 0.25) is 0 Å². The lowest BCUT2D eigenvalue weighted by Gasteiger charge is -2.15. The molecule has 0 unspecified atom stereocenters. The van der Waals surface area contributed by atoms with Crippen LogP contribution in [0.4, 0.5) is 10.2 Å². The Hall–Kier alpha value is -3.53. The fourth-order valence-corrected chi connectivity index (χ4v) is 4.86. The van der Waals surface area contributed by atoms with Crippen molar-refractivity contribution in [3.63, 3.8) is 0 Å². The number of fused-ring (bicyclic) bond motifs is 2. The lowest BCUT2D eigenvalue weighted by atomic mass is 10.1. The molecule has 4 aromatic rings. The first-order valence-electron chi connectivity index (χ1n) is 11.8. The fourth-order valence-electron chi connectivity index (χ4n) is 4.86. The molecular formula is C24H27FN8O. The quantitative estimate of drug-likeness (QED) is 0.439. The molecule has 1 saturated heterocycles. The number of aromatic nitrogens is 5. The van der Waals surface area contributed by atoms with Crippen LogP contribution in [0, 0.1) is 0 Å². The van der Waals surface area contributed by atoms with Gasteiger partial charge in [0.05, 0.1) is 11.9 Å². The third-order valence-corrected chi connectivity index (χ3v) is 6.79. The number of rotatable bonds is 7. The molecule has 2 N–H and O–H groups in total. The van der Waals surface area contributed by atoms with E-state index in [1.54, 1.807) is 16.9 Å². The molecule has 34 heavy (non-hydrogen) atoms. The van der Waals surface area contributed by atoms with Gasteiger partial charge in [0.1, 0.15) is 23.7 Å². The first-order valence-corrected chi connectivity index (χ1v) is 11.8. The van der Waals surface area contributed by atoms with Gasteiger partial charge in [-0.05, 0) is 31.4 Å². The van der Waals surface area contributed by atoms with Gasteiger partial charge in [-0.15, -0.1) is 0 Å². The van der Waals surface area contributed by atoms with Crippen LogP contribution in [0.15, 0.2) is 36.8 Å². The average molecular weight is 463 g/mol. The number of anilines is 1. The van der Waals surface area contributed by atoms with Crippen LogP contribution in [0.5, 0.6) is 0 Å². The van der Waals surface area contributed by atoms with Gasteiger partial charge in [-0.3, -0.25) is 9.69 Å². The standard InChI is InChI=1S/C24H27FN8O/c1-26-21-11-20(30-23-18(12-28-33(21)23)24(34)29-15-4-5-15)19-14-32(22-17(19)3-2-8-27-22)16-6-9-31(13-16)10-7-25/h2-3,8,11-12,14-16,26H,4-7,9-10,13H2,1H3,(H,29,34)/t16-/m1/s1. The van der Waals surface area contributed by atoms with Crippen LogP contribution < -0.4 is 10.6 Å². The van der Waals surface area contributed by atoms with Crippen LogP contribution >= 0.6 is 0 Å². The number of carbonyl (C=O) groups excluding carboxylic acids is 1. The van der Waals surface area contributed by atoms with E-state index in [9.17, 15) is 9.18 Å². The number of halogens is 1. The maximum atomic E-state index is 12.9. The highest BCUT2D eigenvalue weighted by atomic mass is 19.1. The van der Waals surface area contributed by atoms with Gasteiger partial charge in [0, 0.05) is 68.2 Å². The van der Waals surface area contributed by atoms with E-state index in [1.807, 2.05) is 25.2 Å². The first kappa shape index (κ1) is 21.0. The third-order valence-electron chi connectivity index (χ3n) is 6.79. The molecule has 5 heterocycles. The molecule has 0 radical (unpaired) electrons. The lowest BCUT2D eigenvalue weighted by Crippen LogP contribution is -2.25. The smallest absolute Gasteiger partial charge is 0.256 e. The summed E-state index contributed by atoms with van der Waals surface area (Å²) in [7, 11) is 1.83. The van der Waals surface area contributed by atoms with Gasteiger partial charge in [0.15, 0.2) is 5.65 Å². The van der Waals surface area contributed by atoms with E-state index in [0.29, 0.717) is 17.8 Å². The summed E-state index contributed by atoms with van der Waals surface area (Å²) in [6.45, 7) is 1.81. The zero-order valence-corrected chi connectivity index (χ0v) is 19.0. The maximum absolute atomic E-state index is 12.9. The Morgan fingerprint density at radius 2 is 2.15 bits per heavy atom. The van der Waals surface area contributed by atoms with Gasteiger partial charge >= 0.3 is 0 Å². The predicted octanol–water partition coefficient (Wildman–Crippen LogP) is 2.90. The summed E-state index contributed by atoms with van der Waals surface area (Å²) < 4.78 is 16.7. The molecule has 1 amide bonds. The number of amides is 1. The van der Waals surface area contributed by atoms with Gasteiger partial charge < -0.3 is 15.2 Å². The number of likely N-dealkylation sites (tertiary alicyclic amines) is 1. The van der Waals surface area contributed by atoms with E-state index in [1.165, 1.54) is 0 Å². The number of nitrogens with one attached hydrogen (secondary N) is 2. The monoisotopic (exact) mass is 462 g/mol. The van der Waals surface area contributed by atoms with Crippen molar-refractivity contribution in [3.8, 4) is 11.3 Å². The average Bonchev–Trinajstić information content (AvgIpc) is 3.24. The summed E-state index contributed by atoms with van der Waals surface area (Å²) in [6.07, 6.45) is 8.45. The van der Waals surface area contributed by atoms with Gasteiger partial charge in [-0.1, -0.05) is 0 Å². The highest BCUT2D eigenvalue weighted by Crippen LogP contribution is 2.34. The van der Waals surface area contributed by atoms with E-state index < -0.39 is 0 Å². The first-order chi connectivity index (χ1) is 16.7. The normalized spacial score (nSPS) is 18.7.